The van der Waals surface area contributed by atoms with Crippen molar-refractivity contribution in [3.63, 3.8) is 0 Å². The van der Waals surface area contributed by atoms with Crippen LogP contribution in [-0.2, 0) is 9.84 Å². The first-order valence-electron chi connectivity index (χ1n) is 5.45. The van der Waals surface area contributed by atoms with Crippen LogP contribution < -0.4 is 0 Å². The van der Waals surface area contributed by atoms with Gasteiger partial charge in [0.1, 0.15) is 0 Å². The van der Waals surface area contributed by atoms with E-state index in [0.717, 1.165) is 0 Å². The van der Waals surface area contributed by atoms with Crippen molar-refractivity contribution in [2.75, 3.05) is 18.8 Å². The van der Waals surface area contributed by atoms with Crippen LogP contribution in [0.25, 0.3) is 0 Å². The van der Waals surface area contributed by atoms with Crippen LogP contribution in [0.1, 0.15) is 34.6 Å². The van der Waals surface area contributed by atoms with E-state index in [2.05, 4.69) is 6.07 Å². The zero-order valence-corrected chi connectivity index (χ0v) is 11.6. The van der Waals surface area contributed by atoms with Crippen molar-refractivity contribution in [2.24, 2.45) is 0 Å². The highest BCUT2D eigenvalue weighted by molar-refractivity contribution is 7.92. The van der Waals surface area contributed by atoms with Crippen LogP contribution in [0.4, 0.5) is 0 Å². The Morgan fingerprint density at radius 1 is 1.31 bits per heavy atom. The number of hydrogen-bond acceptors (Lipinski definition) is 4. The Labute approximate surface area is 99.2 Å². The molecule has 16 heavy (non-hydrogen) atoms. The Balaban J connectivity index is 4.50. The fourth-order valence-electron chi connectivity index (χ4n) is 1.15. The lowest BCUT2D eigenvalue weighted by Gasteiger charge is -2.26. The summed E-state index contributed by atoms with van der Waals surface area (Å²) in [5.74, 6) is 0.107. The first kappa shape index (κ1) is 15.4. The molecule has 94 valence electrons. The summed E-state index contributed by atoms with van der Waals surface area (Å²) in [5, 5.41) is 8.63. The van der Waals surface area contributed by atoms with Crippen molar-refractivity contribution in [3.05, 3.63) is 0 Å². The highest BCUT2D eigenvalue weighted by Gasteiger charge is 2.29. The van der Waals surface area contributed by atoms with Crippen LogP contribution in [-0.4, -0.2) is 42.9 Å². The van der Waals surface area contributed by atoms with Gasteiger partial charge in [-0.25, -0.2) is 8.42 Å². The average Bonchev–Trinajstić information content (AvgIpc) is 2.09. The molecular weight excluding hydrogens is 224 g/mol. The molecule has 0 aliphatic heterocycles. The molecule has 0 aliphatic carbocycles. The molecule has 0 saturated heterocycles. The number of rotatable bonds is 5. The van der Waals surface area contributed by atoms with Crippen LogP contribution in [0.2, 0.25) is 0 Å². The third kappa shape index (κ3) is 4.50. The normalized spacial score (nSPS) is 13.1. The molecular formula is C11H22N2O2S. The third-order valence-corrected chi connectivity index (χ3v) is 5.17. The van der Waals surface area contributed by atoms with E-state index in [1.54, 1.807) is 20.8 Å². The van der Waals surface area contributed by atoms with E-state index >= 15 is 0 Å². The van der Waals surface area contributed by atoms with Crippen molar-refractivity contribution in [1.29, 1.82) is 5.26 Å². The summed E-state index contributed by atoms with van der Waals surface area (Å²) in [6.07, 6.45) is 0. The molecule has 0 amide bonds. The van der Waals surface area contributed by atoms with Gasteiger partial charge in [0, 0.05) is 12.6 Å². The summed E-state index contributed by atoms with van der Waals surface area (Å²) in [6, 6.07) is 2.24. The Kier molecular flexibility index (Phi) is 5.43. The van der Waals surface area contributed by atoms with Gasteiger partial charge in [-0.3, -0.25) is 4.90 Å². The topological polar surface area (TPSA) is 61.2 Å². The molecule has 0 aromatic heterocycles. The Morgan fingerprint density at radius 2 is 1.81 bits per heavy atom. The Hall–Kier alpha value is -0.600. The molecule has 0 heterocycles. The second-order valence-electron chi connectivity index (χ2n) is 5.15. The van der Waals surface area contributed by atoms with Gasteiger partial charge in [0.05, 0.1) is 23.1 Å². The number of sulfone groups is 1. The van der Waals surface area contributed by atoms with E-state index in [1.165, 1.54) is 0 Å². The predicted octanol–water partition coefficient (Wildman–Crippen LogP) is 1.43. The molecule has 0 bridgehead atoms. The summed E-state index contributed by atoms with van der Waals surface area (Å²) < 4.78 is 23.0. The van der Waals surface area contributed by atoms with E-state index in [4.69, 9.17) is 5.26 Å². The smallest absolute Gasteiger partial charge is 0.156 e. The highest BCUT2D eigenvalue weighted by atomic mass is 32.2. The predicted molar refractivity (Wildman–Crippen MR) is 65.9 cm³/mol. The second kappa shape index (κ2) is 5.65. The molecule has 0 spiro atoms. The molecule has 5 heteroatoms. The molecule has 0 N–H and O–H groups in total. The molecule has 0 radical (unpaired) electrons. The van der Waals surface area contributed by atoms with Gasteiger partial charge in [0.2, 0.25) is 0 Å². The van der Waals surface area contributed by atoms with E-state index in [-0.39, 0.29) is 18.3 Å². The van der Waals surface area contributed by atoms with Crippen LogP contribution >= 0.6 is 0 Å². The van der Waals surface area contributed by atoms with Crippen LogP contribution in [0.15, 0.2) is 0 Å². The van der Waals surface area contributed by atoms with Crippen LogP contribution in [0, 0.1) is 11.3 Å². The number of hydrogen-bond donors (Lipinski definition) is 0. The number of nitrogens with zero attached hydrogens (tertiary/aromatic N) is 2. The number of nitriles is 1. The maximum Gasteiger partial charge on any atom is 0.156 e. The third-order valence-electron chi connectivity index (χ3n) is 2.58. The summed E-state index contributed by atoms with van der Waals surface area (Å²) >= 11 is 0. The minimum atomic E-state index is -3.10. The maximum absolute atomic E-state index is 11.9. The SMILES string of the molecule is CC(C)N(CC#N)CCS(=O)(=O)C(C)(C)C. The molecule has 0 fully saturated rings. The van der Waals surface area contributed by atoms with Gasteiger partial charge in [-0.05, 0) is 34.6 Å². The minimum absolute atomic E-state index is 0.107. The van der Waals surface area contributed by atoms with Crippen molar-refractivity contribution in [2.45, 2.75) is 45.4 Å². The van der Waals surface area contributed by atoms with Gasteiger partial charge in [-0.2, -0.15) is 5.26 Å². The van der Waals surface area contributed by atoms with Gasteiger partial charge >= 0.3 is 0 Å². The molecule has 0 unspecified atom stereocenters. The van der Waals surface area contributed by atoms with Crippen LogP contribution in [0.5, 0.6) is 0 Å². The fourth-order valence-corrected chi connectivity index (χ4v) is 2.24. The average molecular weight is 246 g/mol. The monoisotopic (exact) mass is 246 g/mol. The lowest BCUT2D eigenvalue weighted by atomic mass is 10.3. The van der Waals surface area contributed by atoms with Gasteiger partial charge in [-0.1, -0.05) is 0 Å². The summed E-state index contributed by atoms with van der Waals surface area (Å²) in [6.45, 7) is 9.72. The van der Waals surface area contributed by atoms with E-state index in [1.807, 2.05) is 18.7 Å². The van der Waals surface area contributed by atoms with Gasteiger partial charge in [-0.15, -0.1) is 0 Å². The summed E-state index contributed by atoms with van der Waals surface area (Å²) in [5.41, 5.74) is 0. The van der Waals surface area contributed by atoms with Crippen molar-refractivity contribution >= 4 is 9.84 Å². The second-order valence-corrected chi connectivity index (χ2v) is 8.02. The van der Waals surface area contributed by atoms with Gasteiger partial charge in [0.25, 0.3) is 0 Å². The molecule has 0 saturated carbocycles. The standard InChI is InChI=1S/C11H22N2O2S/c1-10(2)13(7-6-12)8-9-16(14,15)11(3,4)5/h10H,7-9H2,1-5H3. The van der Waals surface area contributed by atoms with Crippen molar-refractivity contribution < 1.29 is 8.42 Å². The summed E-state index contributed by atoms with van der Waals surface area (Å²) in [7, 11) is -3.10. The van der Waals surface area contributed by atoms with Crippen molar-refractivity contribution in [1.82, 2.24) is 4.90 Å². The Morgan fingerprint density at radius 3 is 2.12 bits per heavy atom. The van der Waals surface area contributed by atoms with Gasteiger partial charge < -0.3 is 0 Å². The maximum atomic E-state index is 11.9. The van der Waals surface area contributed by atoms with E-state index in [9.17, 15) is 8.42 Å². The lowest BCUT2D eigenvalue weighted by Crippen LogP contribution is -2.39. The molecule has 0 rings (SSSR count). The Bertz CT molecular complexity index is 347. The van der Waals surface area contributed by atoms with E-state index in [0.29, 0.717) is 6.54 Å². The molecule has 4 nitrogen and oxygen atoms in total. The molecule has 0 aliphatic rings. The van der Waals surface area contributed by atoms with Crippen LogP contribution in [0.3, 0.4) is 0 Å². The molecule has 0 aromatic carbocycles. The van der Waals surface area contributed by atoms with Gasteiger partial charge in [0.15, 0.2) is 9.84 Å². The largest absolute Gasteiger partial charge is 0.287 e. The first-order chi connectivity index (χ1) is 7.12. The quantitative estimate of drug-likeness (QED) is 0.689. The highest BCUT2D eigenvalue weighted by Crippen LogP contribution is 2.16. The zero-order valence-electron chi connectivity index (χ0n) is 10.8. The molecule has 0 atom stereocenters. The first-order valence-corrected chi connectivity index (χ1v) is 7.10. The van der Waals surface area contributed by atoms with Crippen molar-refractivity contribution in [3.8, 4) is 6.07 Å². The fraction of sp³-hybridized carbons (Fsp3) is 0.909. The molecule has 0 aromatic rings. The zero-order chi connectivity index (χ0) is 13.0. The van der Waals surface area contributed by atoms with E-state index < -0.39 is 14.6 Å². The lowest BCUT2D eigenvalue weighted by molar-refractivity contribution is 0.263. The minimum Gasteiger partial charge on any atom is -0.287 e. The summed E-state index contributed by atoms with van der Waals surface area (Å²) in [4.78, 5) is 1.86.